The molecule has 1 N–H and O–H groups in total. The van der Waals surface area contributed by atoms with E-state index in [2.05, 4.69) is 40.0 Å². The highest BCUT2D eigenvalue weighted by molar-refractivity contribution is 6.76. The van der Waals surface area contributed by atoms with Gasteiger partial charge in [-0.15, -0.1) is 0 Å². The van der Waals surface area contributed by atoms with E-state index in [-0.39, 0.29) is 46.8 Å². The van der Waals surface area contributed by atoms with Gasteiger partial charge in [-0.3, -0.25) is 9.59 Å². The standard InChI is InChI=1S/C36H47F7N6O4Si2/c1-22(47-28-20-46-49(21-52-14-15-54(5,6)7)33(51)30(28)36(41,42)43)29(53-55(8,9)34(2,3)4)11-13-48-12-10-23-16-26(27(37)17-25(23)32(48)50)31-44-18-24(19-45-31)35(38,39)40/h10,12,16-20,22,29,47H,11,13-15,21H2,1-9H3/t22-,29?/m0/s1. The first-order valence-corrected chi connectivity index (χ1v) is 24.2. The van der Waals surface area contributed by atoms with E-state index in [1.165, 1.54) is 22.9 Å². The maximum atomic E-state index is 15.3. The highest BCUT2D eigenvalue weighted by atomic mass is 28.4. The van der Waals surface area contributed by atoms with Gasteiger partial charge in [0, 0.05) is 45.9 Å². The Morgan fingerprint density at radius 1 is 0.909 bits per heavy atom. The molecule has 55 heavy (non-hydrogen) atoms. The molecule has 2 atom stereocenters. The van der Waals surface area contributed by atoms with Crippen LogP contribution in [0, 0.1) is 5.82 Å². The molecule has 3 aromatic heterocycles. The summed E-state index contributed by atoms with van der Waals surface area (Å²) in [7, 11) is -4.05. The number of aryl methyl sites for hydroxylation is 1. The Morgan fingerprint density at radius 3 is 2.11 bits per heavy atom. The number of aromatic nitrogens is 5. The van der Waals surface area contributed by atoms with E-state index in [9.17, 15) is 35.9 Å². The number of anilines is 1. The summed E-state index contributed by atoms with van der Waals surface area (Å²) in [5.74, 6) is -1.22. The van der Waals surface area contributed by atoms with Crippen molar-refractivity contribution >= 4 is 32.9 Å². The molecule has 0 radical (unpaired) electrons. The molecule has 19 heteroatoms. The lowest BCUT2D eigenvalue weighted by Gasteiger charge is -2.41. The normalized spacial score (nSPS) is 14.3. The van der Waals surface area contributed by atoms with Crippen molar-refractivity contribution in [1.82, 2.24) is 24.3 Å². The van der Waals surface area contributed by atoms with Gasteiger partial charge in [0.25, 0.3) is 11.1 Å². The molecular weight excluding hydrogens is 770 g/mol. The minimum Gasteiger partial charge on any atom is -0.412 e. The predicted molar refractivity (Wildman–Crippen MR) is 202 cm³/mol. The molecule has 0 aliphatic carbocycles. The summed E-state index contributed by atoms with van der Waals surface area (Å²) in [6.45, 7) is 17.8. The smallest absolute Gasteiger partial charge is 0.412 e. The Balaban J connectivity index is 1.62. The van der Waals surface area contributed by atoms with Gasteiger partial charge in [0.15, 0.2) is 14.1 Å². The maximum absolute atomic E-state index is 15.3. The van der Waals surface area contributed by atoms with Crippen LogP contribution >= 0.6 is 0 Å². The Morgan fingerprint density at radius 2 is 1.55 bits per heavy atom. The highest BCUT2D eigenvalue weighted by Crippen LogP contribution is 2.39. The van der Waals surface area contributed by atoms with Crippen LogP contribution < -0.4 is 16.4 Å². The lowest BCUT2D eigenvalue weighted by molar-refractivity contribution is -0.139. The van der Waals surface area contributed by atoms with Gasteiger partial charge in [0.05, 0.1) is 34.5 Å². The van der Waals surface area contributed by atoms with Gasteiger partial charge >= 0.3 is 12.4 Å². The fourth-order valence-corrected chi connectivity index (χ4v) is 7.52. The lowest BCUT2D eigenvalue weighted by Crippen LogP contribution is -2.48. The van der Waals surface area contributed by atoms with Crippen LogP contribution in [0.25, 0.3) is 22.2 Å². The average Bonchev–Trinajstić information content (AvgIpc) is 3.04. The molecule has 0 aliphatic heterocycles. The van der Waals surface area contributed by atoms with Crippen LogP contribution in [-0.2, 0) is 34.8 Å². The van der Waals surface area contributed by atoms with Crippen molar-refractivity contribution in [3.05, 3.63) is 80.6 Å². The van der Waals surface area contributed by atoms with E-state index >= 15 is 4.39 Å². The molecule has 0 aliphatic rings. The van der Waals surface area contributed by atoms with Gasteiger partial charge in [0.1, 0.15) is 18.1 Å². The molecule has 4 rings (SSSR count). The van der Waals surface area contributed by atoms with Gasteiger partial charge < -0.3 is 19.0 Å². The second-order valence-corrected chi connectivity index (χ2v) is 26.6. The Hall–Kier alpha value is -3.95. The fourth-order valence-electron chi connectivity index (χ4n) is 5.33. The largest absolute Gasteiger partial charge is 0.423 e. The summed E-state index contributed by atoms with van der Waals surface area (Å²) in [4.78, 5) is 34.0. The monoisotopic (exact) mass is 816 g/mol. The topological polar surface area (TPSA) is 113 Å². The molecule has 0 bridgehead atoms. The third kappa shape index (κ3) is 10.9. The molecule has 1 unspecified atom stereocenters. The van der Waals surface area contributed by atoms with E-state index in [4.69, 9.17) is 9.16 Å². The van der Waals surface area contributed by atoms with Crippen molar-refractivity contribution in [3.63, 3.8) is 0 Å². The number of pyridine rings is 1. The zero-order chi connectivity index (χ0) is 41.3. The molecule has 0 spiro atoms. The summed E-state index contributed by atoms with van der Waals surface area (Å²) < 4.78 is 112. The number of nitrogens with zero attached hydrogens (tertiary/aromatic N) is 5. The number of alkyl halides is 6. The van der Waals surface area contributed by atoms with Crippen LogP contribution in [0.2, 0.25) is 43.8 Å². The van der Waals surface area contributed by atoms with Crippen molar-refractivity contribution in [2.75, 3.05) is 11.9 Å². The Labute approximate surface area is 316 Å². The fraction of sp³-hybridized carbons (Fsp3) is 0.528. The van der Waals surface area contributed by atoms with Crippen molar-refractivity contribution < 1.29 is 39.9 Å². The van der Waals surface area contributed by atoms with Crippen LogP contribution in [0.15, 0.2) is 52.6 Å². The first-order chi connectivity index (χ1) is 25.2. The van der Waals surface area contributed by atoms with Gasteiger partial charge in [-0.05, 0) is 61.1 Å². The average molecular weight is 817 g/mol. The van der Waals surface area contributed by atoms with Crippen LogP contribution in [0.3, 0.4) is 0 Å². The zero-order valence-corrected chi connectivity index (χ0v) is 34.2. The first kappa shape index (κ1) is 43.8. The second kappa shape index (κ2) is 16.3. The third-order valence-electron chi connectivity index (χ3n) is 9.67. The number of halogens is 7. The van der Waals surface area contributed by atoms with Crippen LogP contribution in [0.5, 0.6) is 0 Å². The minimum atomic E-state index is -5.02. The number of benzene rings is 1. The van der Waals surface area contributed by atoms with E-state index in [0.717, 1.165) is 18.3 Å². The molecule has 10 nitrogen and oxygen atoms in total. The molecule has 1 aromatic carbocycles. The number of rotatable bonds is 14. The zero-order valence-electron chi connectivity index (χ0n) is 32.2. The first-order valence-electron chi connectivity index (χ1n) is 17.6. The molecule has 0 saturated carbocycles. The van der Waals surface area contributed by atoms with Crippen molar-refractivity contribution in [2.24, 2.45) is 0 Å². The van der Waals surface area contributed by atoms with Crippen molar-refractivity contribution in [3.8, 4) is 11.4 Å². The highest BCUT2D eigenvalue weighted by Gasteiger charge is 2.42. The van der Waals surface area contributed by atoms with Crippen LogP contribution in [0.1, 0.15) is 45.2 Å². The van der Waals surface area contributed by atoms with Gasteiger partial charge in [-0.25, -0.2) is 19.0 Å². The SMILES string of the molecule is C[C@H](Nc1cnn(COCC[Si](C)(C)C)c(=O)c1C(F)(F)F)C(CCn1ccc2cc(-c3ncc(C(F)(F)F)cn3)c(F)cc2c1=O)O[Si](C)(C)C(C)(C)C. The Kier molecular flexibility index (Phi) is 12.9. The van der Waals surface area contributed by atoms with E-state index in [1.54, 1.807) is 6.92 Å². The van der Waals surface area contributed by atoms with Crippen LogP contribution in [0.4, 0.5) is 36.4 Å². The summed E-state index contributed by atoms with van der Waals surface area (Å²) in [5.41, 5.74) is -5.19. The molecule has 3 heterocycles. The third-order valence-corrected chi connectivity index (χ3v) is 15.9. The quantitative estimate of drug-likeness (QED) is 0.0764. The number of fused-ring (bicyclic) bond motifs is 1. The number of ether oxygens (including phenoxy) is 1. The summed E-state index contributed by atoms with van der Waals surface area (Å²) in [6.07, 6.45) is -6.85. The molecular formula is C36H47F7N6O4Si2. The second-order valence-electron chi connectivity index (χ2n) is 16.2. The number of hydrogen-bond donors (Lipinski definition) is 1. The molecule has 0 fully saturated rings. The number of nitrogens with one attached hydrogen (secondary N) is 1. The van der Waals surface area contributed by atoms with Crippen molar-refractivity contribution in [2.45, 2.75) is 116 Å². The van der Waals surface area contributed by atoms with E-state index in [0.29, 0.717) is 17.1 Å². The van der Waals surface area contributed by atoms with E-state index < -0.39 is 81.4 Å². The summed E-state index contributed by atoms with van der Waals surface area (Å²) >= 11 is 0. The molecule has 302 valence electrons. The van der Waals surface area contributed by atoms with Gasteiger partial charge in [-0.1, -0.05) is 40.4 Å². The minimum absolute atomic E-state index is 0.0189. The van der Waals surface area contributed by atoms with Crippen LogP contribution in [-0.4, -0.2) is 59.5 Å². The number of hydrogen-bond acceptors (Lipinski definition) is 8. The maximum Gasteiger partial charge on any atom is 0.423 e. The predicted octanol–water partition coefficient (Wildman–Crippen LogP) is 8.79. The lowest BCUT2D eigenvalue weighted by atomic mass is 10.1. The summed E-state index contributed by atoms with van der Waals surface area (Å²) in [5, 5.41) is 6.75. The van der Waals surface area contributed by atoms with Crippen molar-refractivity contribution in [1.29, 1.82) is 0 Å². The Bertz CT molecular complexity index is 2090. The van der Waals surface area contributed by atoms with E-state index in [1.807, 2.05) is 33.9 Å². The van der Waals surface area contributed by atoms with Gasteiger partial charge in [-0.2, -0.15) is 31.4 Å². The molecule has 0 amide bonds. The molecule has 4 aromatic rings. The van der Waals surface area contributed by atoms with Gasteiger partial charge in [0.2, 0.25) is 0 Å². The molecule has 0 saturated heterocycles. The summed E-state index contributed by atoms with van der Waals surface area (Å²) in [6, 6.07) is 3.70.